The maximum absolute atomic E-state index is 13.1. The smallest absolute Gasteiger partial charge is 0.322 e. The minimum Gasteiger partial charge on any atom is -0.338 e. The van der Waals surface area contributed by atoms with Gasteiger partial charge in [0.25, 0.3) is 11.8 Å². The molecule has 7 nitrogen and oxygen atoms in total. The molecule has 3 atom stereocenters. The number of hydrogen-bond donors (Lipinski definition) is 3. The zero-order valence-electron chi connectivity index (χ0n) is 16.2. The molecule has 2 aromatic rings. The zero-order valence-corrected chi connectivity index (χ0v) is 16.2. The molecule has 4 N–H and O–H groups in total. The summed E-state index contributed by atoms with van der Waals surface area (Å²) in [6, 6.07) is 16.5. The van der Waals surface area contributed by atoms with E-state index in [0.29, 0.717) is 30.8 Å². The molecule has 2 saturated heterocycles. The Bertz CT molecular complexity index is 944. The summed E-state index contributed by atoms with van der Waals surface area (Å²) in [7, 11) is 0. The van der Waals surface area contributed by atoms with Gasteiger partial charge in [-0.25, -0.2) is 4.79 Å². The van der Waals surface area contributed by atoms with Gasteiger partial charge >= 0.3 is 6.03 Å². The number of nitrogens with zero attached hydrogens (tertiary/aromatic N) is 1. The van der Waals surface area contributed by atoms with E-state index in [0.717, 1.165) is 0 Å². The van der Waals surface area contributed by atoms with Gasteiger partial charge in [-0.3, -0.25) is 14.9 Å². The summed E-state index contributed by atoms with van der Waals surface area (Å²) in [5.41, 5.74) is 7.22. The van der Waals surface area contributed by atoms with Crippen molar-refractivity contribution in [3.05, 3.63) is 71.3 Å². The van der Waals surface area contributed by atoms with E-state index in [-0.39, 0.29) is 17.7 Å². The quantitative estimate of drug-likeness (QED) is 0.687. The van der Waals surface area contributed by atoms with Crippen LogP contribution in [0.4, 0.5) is 4.79 Å². The lowest BCUT2D eigenvalue weighted by atomic mass is 9.89. The first-order chi connectivity index (χ1) is 13.9. The Morgan fingerprint density at radius 2 is 1.79 bits per heavy atom. The molecule has 0 aromatic heterocycles. The van der Waals surface area contributed by atoms with Crippen LogP contribution in [0.25, 0.3) is 0 Å². The summed E-state index contributed by atoms with van der Waals surface area (Å²) in [6.07, 6.45) is 0. The summed E-state index contributed by atoms with van der Waals surface area (Å²) in [5, 5.41) is 4.87. The molecule has 0 bridgehead atoms. The molecule has 2 aliphatic heterocycles. The van der Waals surface area contributed by atoms with Crippen LogP contribution in [0, 0.1) is 5.92 Å². The molecule has 0 radical (unpaired) electrons. The first kappa shape index (κ1) is 19.1. The lowest BCUT2D eigenvalue weighted by Crippen LogP contribution is -2.40. The van der Waals surface area contributed by atoms with Gasteiger partial charge in [0, 0.05) is 24.6 Å². The SMILES string of the molecule is CC1(c2ccc(C(=O)N3C[C@@H](CN)[C@H](c4ccccc4)C3)cc2)NC(=O)NC1=O. The highest BCUT2D eigenvalue weighted by atomic mass is 16.2. The molecule has 2 fully saturated rings. The van der Waals surface area contributed by atoms with Crippen molar-refractivity contribution < 1.29 is 14.4 Å². The second-order valence-electron chi connectivity index (χ2n) is 7.83. The van der Waals surface area contributed by atoms with E-state index in [1.165, 1.54) is 5.56 Å². The Morgan fingerprint density at radius 1 is 1.10 bits per heavy atom. The maximum atomic E-state index is 13.1. The molecule has 0 spiro atoms. The molecule has 0 aliphatic carbocycles. The fourth-order valence-corrected chi connectivity index (χ4v) is 4.23. The highest BCUT2D eigenvalue weighted by Crippen LogP contribution is 2.33. The fraction of sp³-hybridized carbons (Fsp3) is 0.318. The molecule has 4 amide bonds. The number of benzene rings is 2. The van der Waals surface area contributed by atoms with Crippen molar-refractivity contribution in [3.8, 4) is 0 Å². The van der Waals surface area contributed by atoms with Crippen molar-refractivity contribution in [2.75, 3.05) is 19.6 Å². The summed E-state index contributed by atoms with van der Waals surface area (Å²) in [4.78, 5) is 38.5. The monoisotopic (exact) mass is 392 g/mol. The van der Waals surface area contributed by atoms with Crippen LogP contribution in [-0.4, -0.2) is 42.4 Å². The van der Waals surface area contributed by atoms with Crippen LogP contribution in [0.3, 0.4) is 0 Å². The lowest BCUT2D eigenvalue weighted by Gasteiger charge is -2.22. The van der Waals surface area contributed by atoms with Gasteiger partial charge in [-0.15, -0.1) is 0 Å². The van der Waals surface area contributed by atoms with Crippen molar-refractivity contribution in [1.29, 1.82) is 0 Å². The highest BCUT2D eigenvalue weighted by Gasteiger charge is 2.43. The molecule has 2 aliphatic rings. The topological polar surface area (TPSA) is 105 Å². The van der Waals surface area contributed by atoms with Crippen molar-refractivity contribution in [3.63, 3.8) is 0 Å². The minimum absolute atomic E-state index is 0.0570. The van der Waals surface area contributed by atoms with Crippen molar-refractivity contribution in [2.45, 2.75) is 18.4 Å². The second-order valence-corrected chi connectivity index (χ2v) is 7.83. The average molecular weight is 392 g/mol. The predicted octanol–water partition coefficient (Wildman–Crippen LogP) is 1.56. The number of nitrogens with two attached hydrogens (primary N) is 1. The maximum Gasteiger partial charge on any atom is 0.322 e. The number of amides is 4. The number of rotatable bonds is 4. The normalized spacial score (nSPS) is 26.3. The number of likely N-dealkylation sites (tertiary alicyclic amines) is 1. The van der Waals surface area contributed by atoms with Crippen LogP contribution in [0.5, 0.6) is 0 Å². The van der Waals surface area contributed by atoms with Gasteiger partial charge in [0.2, 0.25) is 0 Å². The van der Waals surface area contributed by atoms with Gasteiger partial charge in [-0.05, 0) is 42.6 Å². The third-order valence-corrected chi connectivity index (χ3v) is 6.01. The largest absolute Gasteiger partial charge is 0.338 e. The van der Waals surface area contributed by atoms with E-state index in [1.807, 2.05) is 23.1 Å². The van der Waals surface area contributed by atoms with Gasteiger partial charge < -0.3 is 16.0 Å². The Balaban J connectivity index is 1.51. The van der Waals surface area contributed by atoms with Gasteiger partial charge in [0.05, 0.1) is 0 Å². The van der Waals surface area contributed by atoms with Crippen molar-refractivity contribution >= 4 is 17.8 Å². The zero-order chi connectivity index (χ0) is 20.6. The average Bonchev–Trinajstić information content (AvgIpc) is 3.29. The summed E-state index contributed by atoms with van der Waals surface area (Å²) >= 11 is 0. The third kappa shape index (κ3) is 3.38. The number of urea groups is 1. The molecule has 2 aromatic carbocycles. The summed E-state index contributed by atoms with van der Waals surface area (Å²) < 4.78 is 0. The first-order valence-corrected chi connectivity index (χ1v) is 9.71. The van der Waals surface area contributed by atoms with E-state index in [9.17, 15) is 14.4 Å². The highest BCUT2D eigenvalue weighted by molar-refractivity contribution is 6.07. The summed E-state index contributed by atoms with van der Waals surface area (Å²) in [6.45, 7) is 3.41. The number of carbonyl (C=O) groups excluding carboxylic acids is 3. The number of carbonyl (C=O) groups is 3. The second kappa shape index (κ2) is 7.33. The third-order valence-electron chi connectivity index (χ3n) is 6.01. The molecule has 29 heavy (non-hydrogen) atoms. The Labute approximate surface area is 169 Å². The predicted molar refractivity (Wildman–Crippen MR) is 108 cm³/mol. The Morgan fingerprint density at radius 3 is 2.38 bits per heavy atom. The van der Waals surface area contributed by atoms with E-state index >= 15 is 0 Å². The van der Waals surface area contributed by atoms with Crippen LogP contribution in [-0.2, 0) is 10.3 Å². The van der Waals surface area contributed by atoms with Crippen LogP contribution in [0.2, 0.25) is 0 Å². The molecular formula is C22H24N4O3. The van der Waals surface area contributed by atoms with Gasteiger partial charge in [0.1, 0.15) is 5.54 Å². The number of nitrogens with one attached hydrogen (secondary N) is 2. The van der Waals surface area contributed by atoms with Crippen LogP contribution in [0.1, 0.15) is 34.3 Å². The molecular weight excluding hydrogens is 368 g/mol. The number of hydrogen-bond acceptors (Lipinski definition) is 4. The minimum atomic E-state index is -1.13. The first-order valence-electron chi connectivity index (χ1n) is 9.71. The van der Waals surface area contributed by atoms with Gasteiger partial charge in [-0.1, -0.05) is 42.5 Å². The van der Waals surface area contributed by atoms with Gasteiger partial charge in [0.15, 0.2) is 0 Å². The van der Waals surface area contributed by atoms with Crippen molar-refractivity contribution in [2.24, 2.45) is 11.7 Å². The standard InChI is InChI=1S/C22H24N4O3/c1-22(20(28)24-21(29)25-22)17-9-7-15(8-10-17)19(27)26-12-16(11-23)18(13-26)14-5-3-2-4-6-14/h2-10,16,18H,11-13,23H2,1H3,(H2,24,25,28,29)/t16-,18+,22?/m1/s1. The summed E-state index contributed by atoms with van der Waals surface area (Å²) in [5.74, 6) is -0.0197. The van der Waals surface area contributed by atoms with E-state index < -0.39 is 17.5 Å². The molecule has 7 heteroatoms. The van der Waals surface area contributed by atoms with E-state index in [4.69, 9.17) is 5.73 Å². The van der Waals surface area contributed by atoms with E-state index in [1.54, 1.807) is 31.2 Å². The molecule has 1 unspecified atom stereocenters. The molecule has 0 saturated carbocycles. The van der Waals surface area contributed by atoms with Crippen LogP contribution in [0.15, 0.2) is 54.6 Å². The van der Waals surface area contributed by atoms with Crippen LogP contribution >= 0.6 is 0 Å². The van der Waals surface area contributed by atoms with Crippen LogP contribution < -0.4 is 16.4 Å². The Hall–Kier alpha value is -3.19. The van der Waals surface area contributed by atoms with Gasteiger partial charge in [-0.2, -0.15) is 0 Å². The molecule has 150 valence electrons. The Kier molecular flexibility index (Phi) is 4.84. The fourth-order valence-electron chi connectivity index (χ4n) is 4.23. The lowest BCUT2D eigenvalue weighted by molar-refractivity contribution is -0.123. The van der Waals surface area contributed by atoms with Crippen molar-refractivity contribution in [1.82, 2.24) is 15.5 Å². The van der Waals surface area contributed by atoms with E-state index in [2.05, 4.69) is 22.8 Å². The number of imide groups is 1. The molecule has 2 heterocycles. The molecule has 4 rings (SSSR count).